The van der Waals surface area contributed by atoms with Crippen molar-refractivity contribution in [1.29, 1.82) is 0 Å². The summed E-state index contributed by atoms with van der Waals surface area (Å²) >= 11 is 0. The highest BCUT2D eigenvalue weighted by Crippen LogP contribution is 2.25. The summed E-state index contributed by atoms with van der Waals surface area (Å²) in [4.78, 5) is 87.2. The molecule has 15 heteroatoms. The minimum Gasteiger partial charge on any atom is -0.317 e. The van der Waals surface area contributed by atoms with E-state index < -0.39 is 0 Å². The first kappa shape index (κ1) is 53.5. The van der Waals surface area contributed by atoms with Crippen molar-refractivity contribution in [2.45, 2.75) is 145 Å². The molecule has 0 saturated carbocycles. The van der Waals surface area contributed by atoms with Crippen molar-refractivity contribution in [2.24, 2.45) is 47.3 Å². The molecule has 7 heterocycles. The van der Waals surface area contributed by atoms with E-state index in [2.05, 4.69) is 37.2 Å². The van der Waals surface area contributed by atoms with Crippen molar-refractivity contribution in [3.63, 3.8) is 0 Å². The Labute approximate surface area is 354 Å². The van der Waals surface area contributed by atoms with Crippen LogP contribution in [-0.4, -0.2) is 86.5 Å². The van der Waals surface area contributed by atoms with Gasteiger partial charge in [0.05, 0.1) is 0 Å². The van der Waals surface area contributed by atoms with E-state index in [0.717, 1.165) is 25.7 Å². The Balaban J connectivity index is 0.000000352. The van der Waals surface area contributed by atoms with Gasteiger partial charge in [0.15, 0.2) is 0 Å². The van der Waals surface area contributed by atoms with Gasteiger partial charge < -0.3 is 16.0 Å². The molecule has 15 nitrogen and oxygen atoms in total. The van der Waals surface area contributed by atoms with Gasteiger partial charge in [-0.1, -0.05) is 81.1 Å². The number of hydrogen-bond acceptors (Lipinski definition) is 11. The third-order valence-electron chi connectivity index (χ3n) is 12.2. The smallest absolute Gasteiger partial charge is 0.230 e. The third-order valence-corrected chi connectivity index (χ3v) is 12.2. The van der Waals surface area contributed by atoms with Crippen LogP contribution in [0.2, 0.25) is 0 Å². The molecule has 7 aliphatic rings. The Morgan fingerprint density at radius 3 is 0.610 bits per heavy atom. The molecule has 8 amide bonds. The van der Waals surface area contributed by atoms with Crippen LogP contribution in [0, 0.1) is 47.3 Å². The number of hydrogen-bond donors (Lipinski definition) is 7. The fourth-order valence-electron chi connectivity index (χ4n) is 7.15. The molecule has 0 spiro atoms. The first-order valence-electron chi connectivity index (χ1n) is 22.6. The van der Waals surface area contributed by atoms with Crippen LogP contribution >= 0.6 is 0 Å². The number of imide groups is 4. The summed E-state index contributed by atoms with van der Waals surface area (Å²) in [6.45, 7) is 23.6. The summed E-state index contributed by atoms with van der Waals surface area (Å²) in [5, 5.41) is 18.9. The lowest BCUT2D eigenvalue weighted by Gasteiger charge is -2.12. The quantitative estimate of drug-likeness (QED) is 0.174. The van der Waals surface area contributed by atoms with Gasteiger partial charge in [-0.25, -0.2) is 0 Å². The van der Waals surface area contributed by atoms with Crippen LogP contribution in [-0.2, 0) is 38.4 Å². The van der Waals surface area contributed by atoms with Gasteiger partial charge in [-0.2, -0.15) is 0 Å². The van der Waals surface area contributed by atoms with Gasteiger partial charge in [-0.3, -0.25) is 59.6 Å². The maximum Gasteiger partial charge on any atom is 0.230 e. The number of carbonyl (C=O) groups is 8. The average molecular weight is 834 g/mol. The second-order valence-corrected chi connectivity index (χ2v) is 16.8. The van der Waals surface area contributed by atoms with Crippen LogP contribution in [0.25, 0.3) is 0 Å². The van der Waals surface area contributed by atoms with E-state index in [4.69, 9.17) is 0 Å². The van der Waals surface area contributed by atoms with E-state index in [9.17, 15) is 38.4 Å². The van der Waals surface area contributed by atoms with E-state index in [-0.39, 0.29) is 70.9 Å². The summed E-state index contributed by atoms with van der Waals surface area (Å²) in [7, 11) is 0. The molecule has 0 aliphatic carbocycles. The largest absolute Gasteiger partial charge is 0.317 e. The van der Waals surface area contributed by atoms with Crippen LogP contribution < -0.4 is 37.2 Å². The Kier molecular flexibility index (Phi) is 27.6. The second-order valence-electron chi connectivity index (χ2n) is 16.8. The van der Waals surface area contributed by atoms with Crippen LogP contribution in [0.5, 0.6) is 0 Å². The second kappa shape index (κ2) is 30.5. The fraction of sp³-hybridized carbons (Fsp3) is 0.818. The summed E-state index contributed by atoms with van der Waals surface area (Å²) in [6.07, 6.45) is 13.7. The standard InChI is InChI=1S/4C8H13NO2.3C4H9N/c4*1-3-5(2)6-4-7(10)9-8(6)11;3*1-2-4-5-3-1/h4*5-6H,3-4H2,1-2H3,(H,9,10,11);3*5H,1-4H2. The van der Waals surface area contributed by atoms with Crippen LogP contribution in [0.15, 0.2) is 0 Å². The van der Waals surface area contributed by atoms with Crippen molar-refractivity contribution >= 4 is 47.3 Å². The highest BCUT2D eigenvalue weighted by molar-refractivity contribution is 6.05. The number of amides is 8. The molecule has 0 radical (unpaired) electrons. The Morgan fingerprint density at radius 1 is 0.356 bits per heavy atom. The van der Waals surface area contributed by atoms with E-state index >= 15 is 0 Å². The first-order chi connectivity index (χ1) is 28.1. The normalized spacial score (nSPS) is 26.2. The van der Waals surface area contributed by atoms with E-state index in [1.54, 1.807) is 0 Å². The predicted molar refractivity (Wildman–Crippen MR) is 229 cm³/mol. The molecule has 8 unspecified atom stereocenters. The summed E-state index contributed by atoms with van der Waals surface area (Å²) in [5.74, 6) is 0.106. The van der Waals surface area contributed by atoms with Crippen LogP contribution in [0.1, 0.15) is 145 Å². The SMILES string of the molecule is C1CCNC1.C1CCNC1.C1CCNC1.CCC(C)C1CC(=O)NC1=O.CCC(C)C1CC(=O)NC1=O.CCC(C)C1CC(=O)NC1=O.CCC(C)C1CC(=O)NC1=O. The maximum atomic E-state index is 11.1. The molecule has 8 atom stereocenters. The van der Waals surface area contributed by atoms with Gasteiger partial charge in [-0.15, -0.1) is 0 Å². The molecule has 7 N–H and O–H groups in total. The fourth-order valence-corrected chi connectivity index (χ4v) is 7.15. The third kappa shape index (κ3) is 21.5. The van der Waals surface area contributed by atoms with Gasteiger partial charge >= 0.3 is 0 Å². The molecule has 7 fully saturated rings. The van der Waals surface area contributed by atoms with Gasteiger partial charge in [0.25, 0.3) is 0 Å². The monoisotopic (exact) mass is 834 g/mol. The molecule has 0 aromatic carbocycles. The molecular formula is C44H79N7O8. The van der Waals surface area contributed by atoms with E-state index in [1.165, 1.54) is 77.8 Å². The van der Waals surface area contributed by atoms with E-state index in [0.29, 0.717) is 49.4 Å². The summed E-state index contributed by atoms with van der Waals surface area (Å²) in [5.41, 5.74) is 0. The zero-order valence-electron chi connectivity index (χ0n) is 37.5. The lowest BCUT2D eigenvalue weighted by molar-refractivity contribution is -0.127. The minimum absolute atomic E-state index is 0.0764. The van der Waals surface area contributed by atoms with Gasteiger partial charge in [0.2, 0.25) is 47.3 Å². The van der Waals surface area contributed by atoms with Crippen LogP contribution in [0.4, 0.5) is 0 Å². The van der Waals surface area contributed by atoms with Crippen molar-refractivity contribution < 1.29 is 38.4 Å². The molecule has 7 saturated heterocycles. The highest BCUT2D eigenvalue weighted by Gasteiger charge is 2.36. The Bertz CT molecular complexity index is 1120. The predicted octanol–water partition coefficient (Wildman–Crippen LogP) is 3.89. The van der Waals surface area contributed by atoms with Gasteiger partial charge in [-0.05, 0) is 101 Å². The zero-order chi connectivity index (χ0) is 44.3. The lowest BCUT2D eigenvalue weighted by Crippen LogP contribution is -2.24. The van der Waals surface area contributed by atoms with Crippen molar-refractivity contribution in [3.8, 4) is 0 Å². The van der Waals surface area contributed by atoms with Gasteiger partial charge in [0, 0.05) is 49.4 Å². The molecule has 59 heavy (non-hydrogen) atoms. The molecular weight excluding hydrogens is 755 g/mol. The van der Waals surface area contributed by atoms with Crippen molar-refractivity contribution in [2.75, 3.05) is 39.3 Å². The molecule has 7 aliphatic heterocycles. The number of rotatable bonds is 8. The Morgan fingerprint density at radius 2 is 0.525 bits per heavy atom. The zero-order valence-corrected chi connectivity index (χ0v) is 37.5. The van der Waals surface area contributed by atoms with Crippen molar-refractivity contribution in [1.82, 2.24) is 37.2 Å². The lowest BCUT2D eigenvalue weighted by atomic mass is 9.91. The number of nitrogens with one attached hydrogen (secondary N) is 7. The topological polar surface area (TPSA) is 221 Å². The summed E-state index contributed by atoms with van der Waals surface area (Å²) < 4.78 is 0. The minimum atomic E-state index is -0.125. The molecule has 7 rings (SSSR count). The van der Waals surface area contributed by atoms with E-state index in [1.807, 2.05) is 55.4 Å². The van der Waals surface area contributed by atoms with Crippen molar-refractivity contribution in [3.05, 3.63) is 0 Å². The molecule has 338 valence electrons. The Hall–Kier alpha value is -3.56. The van der Waals surface area contributed by atoms with Gasteiger partial charge in [0.1, 0.15) is 0 Å². The molecule has 0 aromatic heterocycles. The molecule has 0 aromatic rings. The molecule has 0 bridgehead atoms. The summed E-state index contributed by atoms with van der Waals surface area (Å²) in [6, 6.07) is 0. The number of carbonyl (C=O) groups excluding carboxylic acids is 8. The average Bonchev–Trinajstić information content (AvgIpc) is 4.07. The first-order valence-corrected chi connectivity index (χ1v) is 22.6. The highest BCUT2D eigenvalue weighted by atomic mass is 16.2. The van der Waals surface area contributed by atoms with Crippen LogP contribution in [0.3, 0.4) is 0 Å². The maximum absolute atomic E-state index is 11.1.